The van der Waals surface area contributed by atoms with Crippen LogP contribution in [0, 0.1) is 19.7 Å². The Balaban J connectivity index is 1.54. The van der Waals surface area contributed by atoms with Crippen LogP contribution in [0.3, 0.4) is 0 Å². The third-order valence-electron chi connectivity index (χ3n) is 4.96. The highest BCUT2D eigenvalue weighted by molar-refractivity contribution is 5.98. The summed E-state index contributed by atoms with van der Waals surface area (Å²) in [6, 6.07) is 19.5. The Hall–Kier alpha value is -3.93. The van der Waals surface area contributed by atoms with Crippen LogP contribution in [0.25, 0.3) is 11.4 Å². The summed E-state index contributed by atoms with van der Waals surface area (Å²) in [7, 11) is 0. The summed E-state index contributed by atoms with van der Waals surface area (Å²) in [4.78, 5) is 12.7. The van der Waals surface area contributed by atoms with Crippen molar-refractivity contribution < 1.29 is 9.18 Å². The number of aromatic nitrogens is 2. The van der Waals surface area contributed by atoms with E-state index in [-0.39, 0.29) is 11.7 Å². The molecular weight excluding hydrogens is 379 g/mol. The van der Waals surface area contributed by atoms with Crippen LogP contribution in [0.15, 0.2) is 84.2 Å². The Morgan fingerprint density at radius 3 is 2.43 bits per heavy atom. The van der Waals surface area contributed by atoms with Crippen LogP contribution in [0.2, 0.25) is 0 Å². The molecule has 0 saturated carbocycles. The zero-order valence-electron chi connectivity index (χ0n) is 16.7. The molecule has 0 unspecified atom stereocenters. The van der Waals surface area contributed by atoms with Gasteiger partial charge < -0.3 is 9.13 Å². The lowest BCUT2D eigenvalue weighted by Gasteiger charge is -2.09. The molecule has 0 spiro atoms. The minimum absolute atomic E-state index is 0.272. The summed E-state index contributed by atoms with van der Waals surface area (Å²) >= 11 is 0. The van der Waals surface area contributed by atoms with Gasteiger partial charge in [0.2, 0.25) is 0 Å². The summed E-state index contributed by atoms with van der Waals surface area (Å²) < 4.78 is 17.1. The molecule has 150 valence electrons. The Morgan fingerprint density at radius 2 is 1.70 bits per heavy atom. The molecule has 0 aliphatic heterocycles. The molecule has 6 heteroatoms. The van der Waals surface area contributed by atoms with Crippen LogP contribution >= 0.6 is 0 Å². The maximum absolute atomic E-state index is 13.2. The van der Waals surface area contributed by atoms with Gasteiger partial charge in [-0.1, -0.05) is 12.1 Å². The number of carbonyl (C=O) groups is 1. The number of hydrazone groups is 1. The van der Waals surface area contributed by atoms with Crippen molar-refractivity contribution in [1.29, 1.82) is 0 Å². The summed E-state index contributed by atoms with van der Waals surface area (Å²) in [5, 5.41) is 4.16. The summed E-state index contributed by atoms with van der Waals surface area (Å²) in [6.07, 6.45) is 5.40. The Kier molecular flexibility index (Phi) is 5.30. The fraction of sp³-hybridized carbons (Fsp3) is 0.0833. The van der Waals surface area contributed by atoms with E-state index in [1.807, 2.05) is 71.8 Å². The van der Waals surface area contributed by atoms with Crippen LogP contribution in [0.5, 0.6) is 0 Å². The predicted octanol–water partition coefficient (Wildman–Crippen LogP) is 4.79. The van der Waals surface area contributed by atoms with Gasteiger partial charge in [0.25, 0.3) is 5.91 Å². The Bertz CT molecular complexity index is 1200. The second-order valence-electron chi connectivity index (χ2n) is 6.94. The second-order valence-corrected chi connectivity index (χ2v) is 6.94. The topological polar surface area (TPSA) is 51.3 Å². The SMILES string of the molecule is Cc1cc(/C=N\NC(=O)c2ccccc2-n2cccc2)c(C)n1-c1ccc(F)cc1. The molecule has 4 aromatic rings. The van der Waals surface area contributed by atoms with Gasteiger partial charge in [-0.3, -0.25) is 4.79 Å². The average Bonchev–Trinajstić information content (AvgIpc) is 3.37. The number of hydrogen-bond donors (Lipinski definition) is 1. The van der Waals surface area contributed by atoms with Crippen LogP contribution in [-0.2, 0) is 0 Å². The first-order chi connectivity index (χ1) is 14.5. The molecule has 1 N–H and O–H groups in total. The van der Waals surface area contributed by atoms with Crippen molar-refractivity contribution in [3.63, 3.8) is 0 Å². The van der Waals surface area contributed by atoms with Gasteiger partial charge in [0.1, 0.15) is 5.82 Å². The van der Waals surface area contributed by atoms with Gasteiger partial charge in [0, 0.05) is 35.0 Å². The van der Waals surface area contributed by atoms with Crippen molar-refractivity contribution in [3.05, 3.63) is 107 Å². The number of benzene rings is 2. The van der Waals surface area contributed by atoms with Crippen LogP contribution in [0.1, 0.15) is 27.3 Å². The van der Waals surface area contributed by atoms with E-state index in [9.17, 15) is 9.18 Å². The van der Waals surface area contributed by atoms with E-state index in [1.54, 1.807) is 24.4 Å². The first kappa shape index (κ1) is 19.4. The van der Waals surface area contributed by atoms with Crippen molar-refractivity contribution in [1.82, 2.24) is 14.6 Å². The number of amides is 1. The number of carbonyl (C=O) groups excluding carboxylic acids is 1. The van der Waals surface area contributed by atoms with E-state index in [2.05, 4.69) is 10.5 Å². The number of hydrogen-bond acceptors (Lipinski definition) is 2. The highest BCUT2D eigenvalue weighted by atomic mass is 19.1. The monoisotopic (exact) mass is 400 g/mol. The maximum atomic E-state index is 13.2. The van der Waals surface area contributed by atoms with Crippen LogP contribution < -0.4 is 5.43 Å². The standard InChI is InChI=1S/C24H21FN4O/c1-17-15-19(18(2)29(17)21-11-9-20(25)10-12-21)16-26-27-24(30)22-7-3-4-8-23(22)28-13-5-6-14-28/h3-16H,1-2H3,(H,27,30)/b26-16-. The van der Waals surface area contributed by atoms with E-state index in [4.69, 9.17) is 0 Å². The quantitative estimate of drug-likeness (QED) is 0.380. The van der Waals surface area contributed by atoms with E-state index in [0.29, 0.717) is 5.56 Å². The molecule has 0 fully saturated rings. The smallest absolute Gasteiger partial charge is 0.273 e. The maximum Gasteiger partial charge on any atom is 0.273 e. The lowest BCUT2D eigenvalue weighted by atomic mass is 10.1. The fourth-order valence-corrected chi connectivity index (χ4v) is 3.51. The number of aryl methyl sites for hydroxylation is 1. The van der Waals surface area contributed by atoms with Gasteiger partial charge in [-0.25, -0.2) is 9.82 Å². The van der Waals surface area contributed by atoms with E-state index in [0.717, 1.165) is 28.3 Å². The molecule has 0 aliphatic carbocycles. The van der Waals surface area contributed by atoms with Crippen molar-refractivity contribution in [2.75, 3.05) is 0 Å². The molecule has 0 atom stereocenters. The fourth-order valence-electron chi connectivity index (χ4n) is 3.51. The molecule has 2 aromatic carbocycles. The molecule has 4 rings (SSSR count). The zero-order chi connectivity index (χ0) is 21.1. The third kappa shape index (κ3) is 3.80. The normalized spacial score (nSPS) is 11.2. The second kappa shape index (κ2) is 8.21. The molecule has 0 aliphatic rings. The lowest BCUT2D eigenvalue weighted by Crippen LogP contribution is -2.19. The molecule has 0 saturated heterocycles. The lowest BCUT2D eigenvalue weighted by molar-refractivity contribution is 0.0955. The Morgan fingerprint density at radius 1 is 1.00 bits per heavy atom. The number of nitrogens with one attached hydrogen (secondary N) is 1. The third-order valence-corrected chi connectivity index (χ3v) is 4.96. The largest absolute Gasteiger partial charge is 0.323 e. The summed E-state index contributed by atoms with van der Waals surface area (Å²) in [5.41, 5.74) is 7.61. The molecule has 0 radical (unpaired) electrons. The predicted molar refractivity (Wildman–Crippen MR) is 116 cm³/mol. The number of halogens is 1. The Labute approximate surface area is 174 Å². The molecule has 30 heavy (non-hydrogen) atoms. The highest BCUT2D eigenvalue weighted by Crippen LogP contribution is 2.20. The van der Waals surface area contributed by atoms with E-state index < -0.39 is 0 Å². The van der Waals surface area contributed by atoms with Gasteiger partial charge in [-0.15, -0.1) is 0 Å². The molecule has 2 heterocycles. The number of nitrogens with zero attached hydrogens (tertiary/aromatic N) is 3. The zero-order valence-corrected chi connectivity index (χ0v) is 16.7. The van der Waals surface area contributed by atoms with Gasteiger partial charge in [-0.2, -0.15) is 5.10 Å². The minimum Gasteiger partial charge on any atom is -0.323 e. The molecule has 2 aromatic heterocycles. The van der Waals surface area contributed by atoms with Crippen molar-refractivity contribution >= 4 is 12.1 Å². The van der Waals surface area contributed by atoms with Crippen LogP contribution in [0.4, 0.5) is 4.39 Å². The van der Waals surface area contributed by atoms with E-state index >= 15 is 0 Å². The van der Waals surface area contributed by atoms with Crippen molar-refractivity contribution in [3.8, 4) is 11.4 Å². The number of rotatable bonds is 5. The van der Waals surface area contributed by atoms with Crippen LogP contribution in [-0.4, -0.2) is 21.3 Å². The van der Waals surface area contributed by atoms with Gasteiger partial charge in [-0.05, 0) is 68.4 Å². The summed E-state index contributed by atoms with van der Waals surface area (Å²) in [6.45, 7) is 3.93. The van der Waals surface area contributed by atoms with Crippen molar-refractivity contribution in [2.45, 2.75) is 13.8 Å². The van der Waals surface area contributed by atoms with Gasteiger partial charge >= 0.3 is 0 Å². The first-order valence-corrected chi connectivity index (χ1v) is 9.55. The summed E-state index contributed by atoms with van der Waals surface area (Å²) in [5.74, 6) is -0.561. The number of para-hydroxylation sites is 1. The highest BCUT2D eigenvalue weighted by Gasteiger charge is 2.12. The molecule has 0 bridgehead atoms. The molecule has 1 amide bonds. The first-order valence-electron chi connectivity index (χ1n) is 9.55. The minimum atomic E-state index is -0.289. The van der Waals surface area contributed by atoms with Gasteiger partial charge in [0.15, 0.2) is 0 Å². The van der Waals surface area contributed by atoms with Crippen molar-refractivity contribution in [2.24, 2.45) is 5.10 Å². The van der Waals surface area contributed by atoms with Gasteiger partial charge in [0.05, 0.1) is 17.5 Å². The average molecular weight is 400 g/mol. The molecular formula is C24H21FN4O. The van der Waals surface area contributed by atoms with E-state index in [1.165, 1.54) is 12.1 Å². The molecule has 5 nitrogen and oxygen atoms in total.